The Labute approximate surface area is 116 Å². The standard InChI is InChI=1S/C14H28N2O3/c1-6-16(9-11(4)13(17)18)14(19)15-12(5)8-7-10(2)3/h10-12H,6-9H2,1-5H3,(H,15,19)(H,17,18). The van der Waals surface area contributed by atoms with E-state index in [2.05, 4.69) is 19.2 Å². The third-order valence-electron chi connectivity index (χ3n) is 3.13. The summed E-state index contributed by atoms with van der Waals surface area (Å²) in [4.78, 5) is 24.4. The van der Waals surface area contributed by atoms with Gasteiger partial charge in [-0.25, -0.2) is 4.79 Å². The zero-order chi connectivity index (χ0) is 15.0. The van der Waals surface area contributed by atoms with Crippen LogP contribution >= 0.6 is 0 Å². The summed E-state index contributed by atoms with van der Waals surface area (Å²) in [6.45, 7) is 10.5. The van der Waals surface area contributed by atoms with E-state index in [4.69, 9.17) is 5.11 Å². The Morgan fingerprint density at radius 2 is 1.74 bits per heavy atom. The Morgan fingerprint density at radius 1 is 1.16 bits per heavy atom. The molecule has 0 heterocycles. The number of hydrogen-bond donors (Lipinski definition) is 2. The van der Waals surface area contributed by atoms with Crippen molar-refractivity contribution in [3.05, 3.63) is 0 Å². The molecule has 0 aliphatic carbocycles. The quantitative estimate of drug-likeness (QED) is 0.713. The largest absolute Gasteiger partial charge is 0.481 e. The van der Waals surface area contributed by atoms with Crippen molar-refractivity contribution in [2.75, 3.05) is 13.1 Å². The molecule has 2 unspecified atom stereocenters. The van der Waals surface area contributed by atoms with Gasteiger partial charge in [-0.15, -0.1) is 0 Å². The topological polar surface area (TPSA) is 69.6 Å². The molecule has 0 aromatic rings. The molecule has 2 N–H and O–H groups in total. The van der Waals surface area contributed by atoms with Gasteiger partial charge in [0, 0.05) is 19.1 Å². The van der Waals surface area contributed by atoms with Gasteiger partial charge < -0.3 is 15.3 Å². The van der Waals surface area contributed by atoms with Crippen molar-refractivity contribution in [1.29, 1.82) is 0 Å². The van der Waals surface area contributed by atoms with Crippen LogP contribution in [-0.2, 0) is 4.79 Å². The summed E-state index contributed by atoms with van der Waals surface area (Å²) in [6, 6.07) is -0.0593. The molecular weight excluding hydrogens is 244 g/mol. The van der Waals surface area contributed by atoms with Crippen LogP contribution in [0.4, 0.5) is 4.79 Å². The molecule has 5 nitrogen and oxygen atoms in total. The van der Waals surface area contributed by atoms with Crippen LogP contribution in [0.1, 0.15) is 47.5 Å². The molecule has 0 fully saturated rings. The zero-order valence-electron chi connectivity index (χ0n) is 12.8. The van der Waals surface area contributed by atoms with Gasteiger partial charge in [-0.3, -0.25) is 4.79 Å². The molecule has 0 aromatic carbocycles. The molecule has 0 saturated carbocycles. The number of urea groups is 1. The summed E-state index contributed by atoms with van der Waals surface area (Å²) in [5, 5.41) is 11.8. The molecule has 0 spiro atoms. The van der Waals surface area contributed by atoms with E-state index in [1.165, 1.54) is 0 Å². The van der Waals surface area contributed by atoms with Crippen molar-refractivity contribution in [3.63, 3.8) is 0 Å². The van der Waals surface area contributed by atoms with Crippen molar-refractivity contribution >= 4 is 12.0 Å². The highest BCUT2D eigenvalue weighted by atomic mass is 16.4. The van der Waals surface area contributed by atoms with Gasteiger partial charge in [-0.2, -0.15) is 0 Å². The normalized spacial score (nSPS) is 14.0. The van der Waals surface area contributed by atoms with Crippen LogP contribution in [0.15, 0.2) is 0 Å². The van der Waals surface area contributed by atoms with Crippen LogP contribution in [0.2, 0.25) is 0 Å². The van der Waals surface area contributed by atoms with Crippen molar-refractivity contribution in [2.45, 2.75) is 53.5 Å². The first-order valence-electron chi connectivity index (χ1n) is 7.06. The smallest absolute Gasteiger partial charge is 0.317 e. The van der Waals surface area contributed by atoms with Gasteiger partial charge in [0.15, 0.2) is 0 Å². The number of carboxylic acids is 1. The van der Waals surface area contributed by atoms with Crippen LogP contribution in [0.5, 0.6) is 0 Å². The minimum absolute atomic E-state index is 0.115. The van der Waals surface area contributed by atoms with Gasteiger partial charge in [-0.1, -0.05) is 20.8 Å². The molecule has 0 bridgehead atoms. The van der Waals surface area contributed by atoms with E-state index in [1.807, 2.05) is 13.8 Å². The lowest BCUT2D eigenvalue weighted by Gasteiger charge is -2.25. The zero-order valence-corrected chi connectivity index (χ0v) is 12.8. The molecule has 2 amide bonds. The molecule has 112 valence electrons. The number of carbonyl (C=O) groups is 2. The summed E-state index contributed by atoms with van der Waals surface area (Å²) in [5.41, 5.74) is 0. The maximum absolute atomic E-state index is 12.0. The highest BCUT2D eigenvalue weighted by Crippen LogP contribution is 2.07. The fourth-order valence-electron chi connectivity index (χ4n) is 1.72. The first-order chi connectivity index (χ1) is 8.77. The predicted octanol–water partition coefficient (Wildman–Crippen LogP) is 2.56. The van der Waals surface area contributed by atoms with E-state index in [-0.39, 0.29) is 18.6 Å². The summed E-state index contributed by atoms with van der Waals surface area (Å²) < 4.78 is 0. The number of carbonyl (C=O) groups excluding carboxylic acids is 1. The van der Waals surface area contributed by atoms with Gasteiger partial charge in [0.1, 0.15) is 0 Å². The van der Waals surface area contributed by atoms with Crippen LogP contribution in [0.3, 0.4) is 0 Å². The van der Waals surface area contributed by atoms with E-state index in [1.54, 1.807) is 11.8 Å². The Bertz CT molecular complexity index is 292. The van der Waals surface area contributed by atoms with Crippen LogP contribution < -0.4 is 5.32 Å². The molecule has 5 heteroatoms. The Morgan fingerprint density at radius 3 is 2.16 bits per heavy atom. The van der Waals surface area contributed by atoms with Crippen molar-refractivity contribution < 1.29 is 14.7 Å². The molecule has 2 atom stereocenters. The number of aliphatic carboxylic acids is 1. The third-order valence-corrected chi connectivity index (χ3v) is 3.13. The number of hydrogen-bond acceptors (Lipinski definition) is 2. The van der Waals surface area contributed by atoms with Crippen LogP contribution in [0, 0.1) is 11.8 Å². The lowest BCUT2D eigenvalue weighted by molar-refractivity contribution is -0.141. The highest BCUT2D eigenvalue weighted by molar-refractivity contribution is 5.76. The maximum Gasteiger partial charge on any atom is 0.317 e. The molecular formula is C14H28N2O3. The number of amides is 2. The minimum Gasteiger partial charge on any atom is -0.481 e. The molecule has 0 saturated heterocycles. The van der Waals surface area contributed by atoms with E-state index in [0.717, 1.165) is 12.8 Å². The molecule has 0 rings (SSSR count). The van der Waals surface area contributed by atoms with E-state index in [0.29, 0.717) is 12.5 Å². The fraction of sp³-hybridized carbons (Fsp3) is 0.857. The van der Waals surface area contributed by atoms with Crippen molar-refractivity contribution in [2.24, 2.45) is 11.8 Å². The molecule has 0 radical (unpaired) electrons. The first kappa shape index (κ1) is 17.7. The molecule has 0 aromatic heterocycles. The Kier molecular flexibility index (Phi) is 8.19. The lowest BCUT2D eigenvalue weighted by atomic mass is 10.0. The second-order valence-electron chi connectivity index (χ2n) is 5.60. The fourth-order valence-corrected chi connectivity index (χ4v) is 1.72. The van der Waals surface area contributed by atoms with Gasteiger partial charge in [0.25, 0.3) is 0 Å². The number of nitrogens with zero attached hydrogens (tertiary/aromatic N) is 1. The molecule has 0 aliphatic rings. The van der Waals surface area contributed by atoms with Crippen LogP contribution in [0.25, 0.3) is 0 Å². The summed E-state index contributed by atoms with van der Waals surface area (Å²) >= 11 is 0. The summed E-state index contributed by atoms with van der Waals surface area (Å²) in [5.74, 6) is -0.801. The number of nitrogens with one attached hydrogen (secondary N) is 1. The van der Waals surface area contributed by atoms with Gasteiger partial charge in [0.05, 0.1) is 5.92 Å². The third kappa shape index (κ3) is 7.70. The van der Waals surface area contributed by atoms with Gasteiger partial charge >= 0.3 is 12.0 Å². The van der Waals surface area contributed by atoms with E-state index in [9.17, 15) is 9.59 Å². The first-order valence-corrected chi connectivity index (χ1v) is 7.06. The number of carboxylic acid groups (broad SMARTS) is 1. The average Bonchev–Trinajstić information content (AvgIpc) is 2.32. The average molecular weight is 272 g/mol. The second-order valence-corrected chi connectivity index (χ2v) is 5.60. The highest BCUT2D eigenvalue weighted by Gasteiger charge is 2.20. The van der Waals surface area contributed by atoms with E-state index < -0.39 is 11.9 Å². The Balaban J connectivity index is 4.24. The minimum atomic E-state index is -0.876. The lowest BCUT2D eigenvalue weighted by Crippen LogP contribution is -2.46. The maximum atomic E-state index is 12.0. The second kappa shape index (κ2) is 8.77. The summed E-state index contributed by atoms with van der Waals surface area (Å²) in [7, 11) is 0. The summed E-state index contributed by atoms with van der Waals surface area (Å²) in [6.07, 6.45) is 2.01. The van der Waals surface area contributed by atoms with Crippen LogP contribution in [-0.4, -0.2) is 41.1 Å². The van der Waals surface area contributed by atoms with Gasteiger partial charge in [0.2, 0.25) is 0 Å². The van der Waals surface area contributed by atoms with E-state index >= 15 is 0 Å². The van der Waals surface area contributed by atoms with Crippen molar-refractivity contribution in [3.8, 4) is 0 Å². The predicted molar refractivity (Wildman–Crippen MR) is 76.1 cm³/mol. The Hall–Kier alpha value is -1.26. The van der Waals surface area contributed by atoms with Gasteiger partial charge in [-0.05, 0) is 32.6 Å². The SMILES string of the molecule is CCN(CC(C)C(=O)O)C(=O)NC(C)CCC(C)C. The molecule has 19 heavy (non-hydrogen) atoms. The van der Waals surface area contributed by atoms with Crippen molar-refractivity contribution in [1.82, 2.24) is 10.2 Å². The molecule has 0 aliphatic heterocycles. The number of rotatable bonds is 8. The monoisotopic (exact) mass is 272 g/mol.